The van der Waals surface area contributed by atoms with Crippen molar-refractivity contribution in [2.75, 3.05) is 4.90 Å². The van der Waals surface area contributed by atoms with Crippen molar-refractivity contribution in [3.05, 3.63) is 302 Å². The highest BCUT2D eigenvalue weighted by Gasteiger charge is 2.19. The standard InChI is InChI=1S/C71H51N/c1-50(43-60-25-11-13-31-67(60)55-23-9-4-10-24-55)62-46-63(71-49-61-26-12-14-32-68(61)69-33-15-16-34-70(69)71)48-66(47-62)72(64-39-35-53(36-40-64)58-29-17-27-56(44-58)51-19-5-2-6-20-51)65-41-37-54(38-42-65)59-30-18-28-57(45-59)52-21-7-3-8-22-52/h2-23,25-49H,1,24H2/b60-43-,67-55-. The lowest BCUT2D eigenvalue weighted by Gasteiger charge is -2.27. The molecule has 1 aliphatic carbocycles. The van der Waals surface area contributed by atoms with E-state index < -0.39 is 0 Å². The molecule has 0 atom stereocenters. The Morgan fingerprint density at radius 3 is 1.49 bits per heavy atom. The summed E-state index contributed by atoms with van der Waals surface area (Å²) in [6.07, 6.45) is 11.9. The average molecular weight is 918 g/mol. The van der Waals surface area contributed by atoms with E-state index in [0.29, 0.717) is 0 Å². The van der Waals surface area contributed by atoms with Gasteiger partial charge in [-0.25, -0.2) is 0 Å². The second-order valence-electron chi connectivity index (χ2n) is 18.6. The van der Waals surface area contributed by atoms with Crippen LogP contribution in [0.25, 0.3) is 94.4 Å². The third-order valence-electron chi connectivity index (χ3n) is 14.0. The van der Waals surface area contributed by atoms with Crippen LogP contribution in [0.2, 0.25) is 0 Å². The van der Waals surface area contributed by atoms with E-state index in [1.807, 2.05) is 0 Å². The van der Waals surface area contributed by atoms with Crippen LogP contribution in [-0.4, -0.2) is 0 Å². The second kappa shape index (κ2) is 19.6. The first-order valence-corrected chi connectivity index (χ1v) is 24.8. The molecule has 0 N–H and O–H groups in total. The van der Waals surface area contributed by atoms with Crippen molar-refractivity contribution in [1.29, 1.82) is 0 Å². The maximum atomic E-state index is 4.83. The van der Waals surface area contributed by atoms with Crippen LogP contribution >= 0.6 is 0 Å². The number of fused-ring (bicyclic) bond motifs is 3. The molecule has 12 rings (SSSR count). The zero-order chi connectivity index (χ0) is 48.2. The fourth-order valence-electron chi connectivity index (χ4n) is 10.3. The summed E-state index contributed by atoms with van der Waals surface area (Å²) in [5.41, 5.74) is 18.2. The molecule has 0 amide bonds. The molecule has 0 radical (unpaired) electrons. The van der Waals surface area contributed by atoms with Gasteiger partial charge in [-0.2, -0.15) is 0 Å². The minimum Gasteiger partial charge on any atom is -0.310 e. The topological polar surface area (TPSA) is 3.24 Å². The molecule has 1 nitrogen and oxygen atoms in total. The normalized spacial score (nSPS) is 13.1. The van der Waals surface area contributed by atoms with E-state index in [9.17, 15) is 0 Å². The molecule has 0 heterocycles. The van der Waals surface area contributed by atoms with E-state index in [1.165, 1.54) is 71.3 Å². The summed E-state index contributed by atoms with van der Waals surface area (Å²) >= 11 is 0. The Bertz CT molecular complexity index is 3860. The summed E-state index contributed by atoms with van der Waals surface area (Å²) in [5.74, 6) is 0. The highest BCUT2D eigenvalue weighted by molar-refractivity contribution is 6.14. The molecule has 0 aromatic heterocycles. The molecule has 1 heteroatoms. The Labute approximate surface area is 422 Å². The molecule has 0 aliphatic heterocycles. The Morgan fingerprint density at radius 1 is 0.375 bits per heavy atom. The summed E-state index contributed by atoms with van der Waals surface area (Å²) in [6.45, 7) is 4.83. The lowest BCUT2D eigenvalue weighted by molar-refractivity contribution is 1.28. The zero-order valence-electron chi connectivity index (χ0n) is 40.0. The molecule has 0 fully saturated rings. The van der Waals surface area contributed by atoms with E-state index in [2.05, 4.69) is 290 Å². The van der Waals surface area contributed by atoms with Gasteiger partial charge in [-0.15, -0.1) is 0 Å². The van der Waals surface area contributed by atoms with Crippen molar-refractivity contribution in [1.82, 2.24) is 0 Å². The number of rotatable bonds is 10. The number of allylic oxidation sites excluding steroid dienone is 5. The number of hydrogen-bond donors (Lipinski definition) is 0. The molecule has 0 saturated carbocycles. The Morgan fingerprint density at radius 2 is 0.889 bits per heavy atom. The Hall–Kier alpha value is -9.30. The number of hydrogen-bond acceptors (Lipinski definition) is 1. The predicted octanol–water partition coefficient (Wildman–Crippen LogP) is 18.0. The number of benzene rings is 11. The van der Waals surface area contributed by atoms with E-state index >= 15 is 0 Å². The van der Waals surface area contributed by atoms with Gasteiger partial charge in [-0.05, 0) is 177 Å². The van der Waals surface area contributed by atoms with Gasteiger partial charge in [-0.3, -0.25) is 0 Å². The van der Waals surface area contributed by atoms with Crippen molar-refractivity contribution in [2.45, 2.75) is 6.42 Å². The molecule has 0 saturated heterocycles. The quantitative estimate of drug-likeness (QED) is 0.124. The zero-order valence-corrected chi connectivity index (χ0v) is 40.0. The minimum atomic E-state index is 0.895. The largest absolute Gasteiger partial charge is 0.310 e. The smallest absolute Gasteiger partial charge is 0.0473 e. The molecule has 0 spiro atoms. The van der Waals surface area contributed by atoms with Crippen molar-refractivity contribution >= 4 is 55.8 Å². The van der Waals surface area contributed by atoms with Gasteiger partial charge in [-0.1, -0.05) is 225 Å². The average Bonchev–Trinajstić information content (AvgIpc) is 3.46. The molecule has 0 bridgehead atoms. The van der Waals surface area contributed by atoms with Gasteiger partial charge in [0.2, 0.25) is 0 Å². The molecule has 0 unspecified atom stereocenters. The molecule has 72 heavy (non-hydrogen) atoms. The van der Waals surface area contributed by atoms with Crippen molar-refractivity contribution in [3.8, 4) is 55.6 Å². The van der Waals surface area contributed by atoms with Crippen LogP contribution in [0.4, 0.5) is 17.1 Å². The summed E-state index contributed by atoms with van der Waals surface area (Å²) in [7, 11) is 0. The van der Waals surface area contributed by atoms with Crippen molar-refractivity contribution in [3.63, 3.8) is 0 Å². The lowest BCUT2D eigenvalue weighted by Crippen LogP contribution is -2.26. The van der Waals surface area contributed by atoms with Gasteiger partial charge in [0.15, 0.2) is 0 Å². The monoisotopic (exact) mass is 917 g/mol. The van der Waals surface area contributed by atoms with E-state index in [-0.39, 0.29) is 0 Å². The maximum absolute atomic E-state index is 4.83. The summed E-state index contributed by atoms with van der Waals surface area (Å²) in [6, 6.07) is 92.6. The molecule has 11 aromatic rings. The third-order valence-corrected chi connectivity index (χ3v) is 14.0. The first-order chi connectivity index (χ1) is 35.6. The van der Waals surface area contributed by atoms with Crippen molar-refractivity contribution in [2.24, 2.45) is 0 Å². The van der Waals surface area contributed by atoms with Crippen LogP contribution in [-0.2, 0) is 0 Å². The molecular formula is C71H51N. The van der Waals surface area contributed by atoms with Crippen LogP contribution in [0.3, 0.4) is 0 Å². The summed E-state index contributed by atoms with van der Waals surface area (Å²) in [5, 5.41) is 7.28. The van der Waals surface area contributed by atoms with Crippen LogP contribution in [0.5, 0.6) is 0 Å². The maximum Gasteiger partial charge on any atom is 0.0473 e. The molecule has 11 aromatic carbocycles. The number of anilines is 3. The Kier molecular flexibility index (Phi) is 12.0. The van der Waals surface area contributed by atoms with Crippen LogP contribution in [0.1, 0.15) is 12.0 Å². The van der Waals surface area contributed by atoms with Gasteiger partial charge < -0.3 is 4.90 Å². The minimum absolute atomic E-state index is 0.895. The SMILES string of the molecule is C=C(/C=c1/cccc/c1=C1\C=CC=CC1)c1cc(-c2cc3ccccc3c3ccccc23)cc(N(c2ccc(-c3cccc(-c4ccccc4)c3)cc2)c2ccc(-c3cccc(-c4ccccc4)c3)cc2)c1. The molecular weight excluding hydrogens is 867 g/mol. The predicted molar refractivity (Wildman–Crippen MR) is 309 cm³/mol. The van der Waals surface area contributed by atoms with Gasteiger partial charge in [0.25, 0.3) is 0 Å². The fraction of sp³-hybridized carbons (Fsp3) is 0.0141. The van der Waals surface area contributed by atoms with Crippen LogP contribution in [0, 0.1) is 0 Å². The van der Waals surface area contributed by atoms with Crippen molar-refractivity contribution < 1.29 is 0 Å². The van der Waals surface area contributed by atoms with Crippen LogP contribution < -0.4 is 15.3 Å². The molecule has 1 aliphatic rings. The van der Waals surface area contributed by atoms with Gasteiger partial charge in [0.05, 0.1) is 0 Å². The summed E-state index contributed by atoms with van der Waals surface area (Å²) in [4.78, 5) is 2.40. The first-order valence-electron chi connectivity index (χ1n) is 24.8. The molecule has 340 valence electrons. The third kappa shape index (κ3) is 8.92. The lowest BCUT2D eigenvalue weighted by atomic mass is 9.91. The van der Waals surface area contributed by atoms with E-state index in [1.54, 1.807) is 0 Å². The van der Waals surface area contributed by atoms with E-state index in [4.69, 9.17) is 6.58 Å². The van der Waals surface area contributed by atoms with Gasteiger partial charge in [0.1, 0.15) is 0 Å². The van der Waals surface area contributed by atoms with E-state index in [0.717, 1.165) is 56.5 Å². The van der Waals surface area contributed by atoms with Crippen LogP contribution in [0.15, 0.2) is 286 Å². The Balaban J connectivity index is 1.04. The highest BCUT2D eigenvalue weighted by atomic mass is 15.1. The summed E-state index contributed by atoms with van der Waals surface area (Å²) < 4.78 is 0. The highest BCUT2D eigenvalue weighted by Crippen LogP contribution is 2.43. The number of nitrogens with zero attached hydrogens (tertiary/aromatic N) is 1. The second-order valence-corrected chi connectivity index (χ2v) is 18.6. The van der Waals surface area contributed by atoms with Gasteiger partial charge >= 0.3 is 0 Å². The van der Waals surface area contributed by atoms with Gasteiger partial charge in [0, 0.05) is 17.1 Å². The fourth-order valence-corrected chi connectivity index (χ4v) is 10.3. The first kappa shape index (κ1) is 43.9.